The summed E-state index contributed by atoms with van der Waals surface area (Å²) in [7, 11) is 0. The van der Waals surface area contributed by atoms with Gasteiger partial charge in [-0.3, -0.25) is 4.79 Å². The summed E-state index contributed by atoms with van der Waals surface area (Å²) in [6.45, 7) is 3.93. The van der Waals surface area contributed by atoms with Crippen LogP contribution in [0.3, 0.4) is 0 Å². The Hall–Kier alpha value is -2.61. The van der Waals surface area contributed by atoms with Gasteiger partial charge in [-0.05, 0) is 17.7 Å². The van der Waals surface area contributed by atoms with Gasteiger partial charge in [0.05, 0.1) is 4.88 Å². The zero-order chi connectivity index (χ0) is 17.8. The normalized spacial score (nSPS) is 11.0. The van der Waals surface area contributed by atoms with Crippen LogP contribution in [0.4, 0.5) is 9.52 Å². The van der Waals surface area contributed by atoms with Crippen LogP contribution >= 0.6 is 11.3 Å². The van der Waals surface area contributed by atoms with Gasteiger partial charge >= 0.3 is 0 Å². The summed E-state index contributed by atoms with van der Waals surface area (Å²) in [5.41, 5.74) is 0.853. The fourth-order valence-corrected chi connectivity index (χ4v) is 2.92. The highest BCUT2D eigenvalue weighted by Crippen LogP contribution is 2.29. The van der Waals surface area contributed by atoms with Crippen molar-refractivity contribution in [2.75, 3.05) is 5.32 Å². The van der Waals surface area contributed by atoms with E-state index in [2.05, 4.69) is 20.5 Å². The summed E-state index contributed by atoms with van der Waals surface area (Å²) < 4.78 is 18.4. The van der Waals surface area contributed by atoms with Crippen molar-refractivity contribution in [3.63, 3.8) is 0 Å². The lowest BCUT2D eigenvalue weighted by atomic mass is 10.2. The average molecular weight is 360 g/mol. The molecule has 0 saturated carbocycles. The number of amides is 1. The molecule has 1 amide bonds. The van der Waals surface area contributed by atoms with Crippen LogP contribution in [0.25, 0.3) is 10.4 Å². The maximum absolute atomic E-state index is 13.0. The average Bonchev–Trinajstić information content (AvgIpc) is 3.23. The Balaban J connectivity index is 1.55. The molecule has 8 heteroatoms. The maximum Gasteiger partial charge on any atom is 0.226 e. The van der Waals surface area contributed by atoms with Crippen LogP contribution in [-0.2, 0) is 11.2 Å². The second-order valence-electron chi connectivity index (χ2n) is 5.77. The van der Waals surface area contributed by atoms with Gasteiger partial charge in [-0.15, -0.1) is 10.2 Å². The lowest BCUT2D eigenvalue weighted by Crippen LogP contribution is -2.12. The molecule has 0 spiro atoms. The first kappa shape index (κ1) is 17.2. The van der Waals surface area contributed by atoms with Crippen LogP contribution in [-0.4, -0.2) is 21.1 Å². The second kappa shape index (κ2) is 7.52. The summed E-state index contributed by atoms with van der Waals surface area (Å²) in [5.74, 6) is 0.715. The van der Waals surface area contributed by atoms with Crippen molar-refractivity contribution >= 4 is 22.4 Å². The maximum atomic E-state index is 13.0. The largest absolute Gasteiger partial charge is 0.425 e. The quantitative estimate of drug-likeness (QED) is 0.718. The first-order chi connectivity index (χ1) is 12.0. The topological polar surface area (TPSA) is 80.9 Å². The molecule has 3 rings (SSSR count). The van der Waals surface area contributed by atoms with Crippen molar-refractivity contribution in [2.45, 2.75) is 32.6 Å². The Kier molecular flexibility index (Phi) is 5.18. The summed E-state index contributed by atoms with van der Waals surface area (Å²) in [6.07, 6.45) is 2.26. The lowest BCUT2D eigenvalue weighted by Gasteiger charge is -1.99. The van der Waals surface area contributed by atoms with Gasteiger partial charge in [0.2, 0.25) is 17.7 Å². The van der Waals surface area contributed by atoms with Crippen molar-refractivity contribution in [3.8, 4) is 10.4 Å². The van der Waals surface area contributed by atoms with Crippen molar-refractivity contribution in [1.82, 2.24) is 15.2 Å². The zero-order valence-electron chi connectivity index (χ0n) is 13.8. The summed E-state index contributed by atoms with van der Waals surface area (Å²) in [4.78, 5) is 17.1. The van der Waals surface area contributed by atoms with Crippen molar-refractivity contribution < 1.29 is 13.6 Å². The van der Waals surface area contributed by atoms with Gasteiger partial charge in [0.1, 0.15) is 5.82 Å². The SMILES string of the molecule is CC(C)c1nnc(CCC(=O)Nc2ncc(-c3ccc(F)cc3)s2)o1. The van der Waals surface area contributed by atoms with Crippen LogP contribution in [0.1, 0.15) is 38.0 Å². The molecular weight excluding hydrogens is 343 g/mol. The number of hydrogen-bond donors (Lipinski definition) is 1. The van der Waals surface area contributed by atoms with Gasteiger partial charge in [-0.25, -0.2) is 9.37 Å². The zero-order valence-corrected chi connectivity index (χ0v) is 14.6. The summed E-state index contributed by atoms with van der Waals surface area (Å²) in [6, 6.07) is 6.14. The van der Waals surface area contributed by atoms with Gasteiger partial charge in [0.15, 0.2) is 5.13 Å². The molecule has 2 heterocycles. The molecule has 0 saturated heterocycles. The van der Waals surface area contributed by atoms with Crippen LogP contribution in [0.15, 0.2) is 34.9 Å². The molecule has 0 aliphatic rings. The summed E-state index contributed by atoms with van der Waals surface area (Å²) in [5, 5.41) is 11.1. The Labute approximate surface area is 148 Å². The van der Waals surface area contributed by atoms with E-state index < -0.39 is 0 Å². The predicted octanol–water partition coefficient (Wildman–Crippen LogP) is 4.03. The number of halogens is 1. The number of anilines is 1. The number of carbonyl (C=O) groups excluding carboxylic acids is 1. The fraction of sp³-hybridized carbons (Fsp3) is 0.294. The van der Waals surface area contributed by atoms with E-state index in [-0.39, 0.29) is 24.1 Å². The third kappa shape index (κ3) is 4.48. The smallest absolute Gasteiger partial charge is 0.226 e. The molecule has 0 aliphatic heterocycles. The molecule has 6 nitrogen and oxygen atoms in total. The van der Waals surface area contributed by atoms with Crippen LogP contribution in [0.2, 0.25) is 0 Å². The number of thiazole rings is 1. The number of benzene rings is 1. The fourth-order valence-electron chi connectivity index (χ4n) is 2.08. The predicted molar refractivity (Wildman–Crippen MR) is 92.8 cm³/mol. The highest BCUT2D eigenvalue weighted by atomic mass is 32.1. The molecule has 2 aromatic heterocycles. The van der Waals surface area contributed by atoms with E-state index in [4.69, 9.17) is 4.42 Å². The van der Waals surface area contributed by atoms with Crippen LogP contribution in [0, 0.1) is 5.82 Å². The molecule has 1 N–H and O–H groups in total. The Morgan fingerprint density at radius 2 is 2.04 bits per heavy atom. The van der Waals surface area contributed by atoms with Crippen molar-refractivity contribution in [1.29, 1.82) is 0 Å². The van der Waals surface area contributed by atoms with Gasteiger partial charge in [0, 0.05) is 25.0 Å². The van der Waals surface area contributed by atoms with E-state index in [1.807, 2.05) is 13.8 Å². The molecule has 0 aliphatic carbocycles. The highest BCUT2D eigenvalue weighted by molar-refractivity contribution is 7.19. The molecule has 0 fully saturated rings. The number of rotatable bonds is 6. The molecule has 0 unspecified atom stereocenters. The molecule has 0 bridgehead atoms. The number of carbonyl (C=O) groups is 1. The van der Waals surface area contributed by atoms with Gasteiger partial charge in [-0.1, -0.05) is 37.3 Å². The molecule has 25 heavy (non-hydrogen) atoms. The molecule has 0 radical (unpaired) electrons. The molecule has 1 aromatic carbocycles. The number of hydrogen-bond acceptors (Lipinski definition) is 6. The van der Waals surface area contributed by atoms with Crippen LogP contribution in [0.5, 0.6) is 0 Å². The number of aryl methyl sites for hydroxylation is 1. The number of nitrogens with zero attached hydrogens (tertiary/aromatic N) is 3. The monoisotopic (exact) mass is 360 g/mol. The minimum absolute atomic E-state index is 0.162. The Morgan fingerprint density at radius 1 is 1.28 bits per heavy atom. The van der Waals surface area contributed by atoms with E-state index in [0.717, 1.165) is 10.4 Å². The van der Waals surface area contributed by atoms with Gasteiger partial charge in [-0.2, -0.15) is 0 Å². The van der Waals surface area contributed by atoms with Crippen molar-refractivity contribution in [3.05, 3.63) is 48.1 Å². The molecular formula is C17H17FN4O2S. The second-order valence-corrected chi connectivity index (χ2v) is 6.80. The van der Waals surface area contributed by atoms with E-state index >= 15 is 0 Å². The number of aromatic nitrogens is 3. The number of nitrogens with one attached hydrogen (secondary N) is 1. The van der Waals surface area contributed by atoms with E-state index in [9.17, 15) is 9.18 Å². The van der Waals surface area contributed by atoms with E-state index in [1.165, 1.54) is 23.5 Å². The standard InChI is InChI=1S/C17H17FN4O2S/c1-10(2)16-22-21-15(24-16)8-7-14(23)20-17-19-9-13(25-17)11-3-5-12(18)6-4-11/h3-6,9-10H,7-8H2,1-2H3,(H,19,20,23). The molecule has 0 atom stereocenters. The highest BCUT2D eigenvalue weighted by Gasteiger charge is 2.12. The minimum atomic E-state index is -0.288. The van der Waals surface area contributed by atoms with Gasteiger partial charge < -0.3 is 9.73 Å². The minimum Gasteiger partial charge on any atom is -0.425 e. The summed E-state index contributed by atoms with van der Waals surface area (Å²) >= 11 is 1.33. The lowest BCUT2D eigenvalue weighted by molar-refractivity contribution is -0.116. The first-order valence-corrected chi connectivity index (χ1v) is 8.67. The van der Waals surface area contributed by atoms with E-state index in [1.54, 1.807) is 18.3 Å². The van der Waals surface area contributed by atoms with Crippen LogP contribution < -0.4 is 5.32 Å². The Bertz CT molecular complexity index is 858. The molecule has 3 aromatic rings. The van der Waals surface area contributed by atoms with E-state index in [0.29, 0.717) is 23.3 Å². The third-order valence-corrected chi connectivity index (χ3v) is 4.38. The Morgan fingerprint density at radius 3 is 2.72 bits per heavy atom. The first-order valence-electron chi connectivity index (χ1n) is 7.85. The van der Waals surface area contributed by atoms with Gasteiger partial charge in [0.25, 0.3) is 0 Å². The third-order valence-electron chi connectivity index (χ3n) is 3.42. The molecule has 130 valence electrons. The van der Waals surface area contributed by atoms with Crippen molar-refractivity contribution in [2.24, 2.45) is 0 Å².